The van der Waals surface area contributed by atoms with Crippen molar-refractivity contribution in [3.63, 3.8) is 0 Å². The molecule has 43 heavy (non-hydrogen) atoms. The van der Waals surface area contributed by atoms with Crippen molar-refractivity contribution >= 4 is 38.2 Å². The minimum Gasteiger partial charge on any atom is -0.490 e. The molecule has 0 saturated heterocycles. The Bertz CT molecular complexity index is 1860. The molecule has 0 radical (unpaired) electrons. The van der Waals surface area contributed by atoms with Gasteiger partial charge in [-0.15, -0.1) is 0 Å². The lowest BCUT2D eigenvalue weighted by Gasteiger charge is -2.14. The Morgan fingerprint density at radius 3 is 2.53 bits per heavy atom. The molecule has 0 bridgehead atoms. The number of fused-ring (bicyclic) bond motifs is 2. The van der Waals surface area contributed by atoms with Crippen LogP contribution in [0, 0.1) is 0 Å². The number of rotatable bonds is 7. The highest BCUT2D eigenvalue weighted by Gasteiger charge is 2.36. The SMILES string of the molecule is O=C(NCc1cc2nc(-c3ccc([C@@H](F)C(F)F)c(C4CC4)n3)ccc2cn1)c1cc(Cl)c2c(c1)S(=O)(=O)[C@@H](F)CCO2. The molecule has 1 aliphatic heterocycles. The van der Waals surface area contributed by atoms with Gasteiger partial charge in [0.1, 0.15) is 4.90 Å². The van der Waals surface area contributed by atoms with Crippen LogP contribution in [0.15, 0.2) is 53.6 Å². The number of alkyl halides is 4. The summed E-state index contributed by atoms with van der Waals surface area (Å²) in [5.41, 5.74) is -0.274. The maximum atomic E-state index is 14.3. The maximum absolute atomic E-state index is 14.3. The standard InChI is InChI=1S/C29H23ClF4N4O4S/c30-19-9-16(10-23-27(19)42-8-7-24(31)43(23,40)41)29(39)36-13-17-11-22-15(12-35-17)3-5-20(37-22)21-6-4-18(25(32)28(33)34)26(38-21)14-1-2-14/h3-6,9-12,14,24-25,28H,1-2,7-8,13H2,(H,36,39)/t24-,25-/m1/s1. The molecule has 6 rings (SSSR count). The number of pyridine rings is 3. The Morgan fingerprint density at radius 1 is 1.05 bits per heavy atom. The first-order chi connectivity index (χ1) is 20.5. The van der Waals surface area contributed by atoms with Crippen molar-refractivity contribution < 1.29 is 35.5 Å². The van der Waals surface area contributed by atoms with Gasteiger partial charge >= 0.3 is 0 Å². The van der Waals surface area contributed by atoms with Crippen molar-refractivity contribution in [3.05, 3.63) is 76.2 Å². The van der Waals surface area contributed by atoms with Crippen LogP contribution < -0.4 is 10.1 Å². The summed E-state index contributed by atoms with van der Waals surface area (Å²) in [6.45, 7) is -0.240. The Kier molecular flexibility index (Phi) is 7.71. The molecule has 4 aromatic rings. The van der Waals surface area contributed by atoms with Crippen LogP contribution in [0.2, 0.25) is 5.02 Å². The molecule has 1 N–H and O–H groups in total. The van der Waals surface area contributed by atoms with Crippen molar-refractivity contribution in [2.75, 3.05) is 6.61 Å². The van der Waals surface area contributed by atoms with Crippen molar-refractivity contribution in [1.29, 1.82) is 0 Å². The summed E-state index contributed by atoms with van der Waals surface area (Å²) in [6, 6.07) is 10.2. The number of ether oxygens (including phenoxy) is 1. The number of halogens is 5. The molecule has 3 aromatic heterocycles. The smallest absolute Gasteiger partial charge is 0.273 e. The highest BCUT2D eigenvalue weighted by molar-refractivity contribution is 7.92. The van der Waals surface area contributed by atoms with Crippen molar-refractivity contribution in [2.24, 2.45) is 0 Å². The zero-order chi connectivity index (χ0) is 30.5. The number of carbonyl (C=O) groups excluding carboxylic acids is 1. The van der Waals surface area contributed by atoms with E-state index in [0.717, 1.165) is 18.9 Å². The van der Waals surface area contributed by atoms with E-state index in [1.54, 1.807) is 24.4 Å². The van der Waals surface area contributed by atoms with E-state index in [9.17, 15) is 30.8 Å². The lowest BCUT2D eigenvalue weighted by Crippen LogP contribution is -2.24. The average molecular weight is 635 g/mol. The molecular weight excluding hydrogens is 612 g/mol. The molecular formula is C29H23ClF4N4O4S. The topological polar surface area (TPSA) is 111 Å². The number of amides is 1. The summed E-state index contributed by atoms with van der Waals surface area (Å²) in [5, 5.41) is 3.19. The fourth-order valence-electron chi connectivity index (χ4n) is 4.85. The summed E-state index contributed by atoms with van der Waals surface area (Å²) < 4.78 is 85.1. The van der Waals surface area contributed by atoms with Crippen LogP contribution in [0.4, 0.5) is 17.6 Å². The second-order valence-corrected chi connectivity index (χ2v) is 12.8. The Hall–Kier alpha value is -3.84. The van der Waals surface area contributed by atoms with Gasteiger partial charge < -0.3 is 10.1 Å². The lowest BCUT2D eigenvalue weighted by atomic mass is 10.0. The van der Waals surface area contributed by atoms with Gasteiger partial charge in [0.2, 0.25) is 15.3 Å². The van der Waals surface area contributed by atoms with Gasteiger partial charge in [0.05, 0.1) is 46.5 Å². The van der Waals surface area contributed by atoms with Crippen LogP contribution in [0.3, 0.4) is 0 Å². The predicted octanol–water partition coefficient (Wildman–Crippen LogP) is 6.28. The van der Waals surface area contributed by atoms with Gasteiger partial charge in [-0.3, -0.25) is 14.8 Å². The molecule has 2 atom stereocenters. The number of benzene rings is 1. The first-order valence-corrected chi connectivity index (χ1v) is 15.3. The fourth-order valence-corrected chi connectivity index (χ4v) is 6.58. The van der Waals surface area contributed by atoms with Gasteiger partial charge in [-0.2, -0.15) is 0 Å². The van der Waals surface area contributed by atoms with Crippen LogP contribution in [0.1, 0.15) is 58.7 Å². The monoisotopic (exact) mass is 634 g/mol. The molecule has 1 aliphatic carbocycles. The lowest BCUT2D eigenvalue weighted by molar-refractivity contribution is 0.0488. The molecule has 2 aliphatic rings. The summed E-state index contributed by atoms with van der Waals surface area (Å²) in [4.78, 5) is 25.9. The molecule has 0 spiro atoms. The van der Waals surface area contributed by atoms with E-state index in [1.165, 1.54) is 18.2 Å². The van der Waals surface area contributed by atoms with Gasteiger partial charge in [0, 0.05) is 35.0 Å². The van der Waals surface area contributed by atoms with Crippen LogP contribution in [-0.2, 0) is 16.4 Å². The molecule has 14 heteroatoms. The predicted molar refractivity (Wildman–Crippen MR) is 149 cm³/mol. The fraction of sp³-hybridized carbons (Fsp3) is 0.310. The molecule has 224 valence electrons. The largest absolute Gasteiger partial charge is 0.490 e. The Morgan fingerprint density at radius 2 is 1.79 bits per heavy atom. The van der Waals surface area contributed by atoms with Crippen LogP contribution in [0.5, 0.6) is 5.75 Å². The Balaban J connectivity index is 1.23. The van der Waals surface area contributed by atoms with E-state index in [4.69, 9.17) is 16.3 Å². The van der Waals surface area contributed by atoms with Gasteiger partial charge in [-0.25, -0.2) is 31.0 Å². The first-order valence-electron chi connectivity index (χ1n) is 13.3. The summed E-state index contributed by atoms with van der Waals surface area (Å²) in [7, 11) is -4.40. The second-order valence-electron chi connectivity index (χ2n) is 10.3. The summed E-state index contributed by atoms with van der Waals surface area (Å²) in [5.74, 6) is -0.925. The number of carbonyl (C=O) groups is 1. The van der Waals surface area contributed by atoms with E-state index in [0.29, 0.717) is 33.7 Å². The minimum atomic E-state index is -4.40. The molecule has 1 fully saturated rings. The van der Waals surface area contributed by atoms with Crippen LogP contribution in [-0.4, -0.2) is 47.8 Å². The third-order valence-electron chi connectivity index (χ3n) is 7.27. The minimum absolute atomic E-state index is 0.0609. The van der Waals surface area contributed by atoms with Gasteiger partial charge in [0.15, 0.2) is 11.9 Å². The number of nitrogens with zero attached hydrogens (tertiary/aromatic N) is 3. The average Bonchev–Trinajstić information content (AvgIpc) is 3.85. The Labute approximate surface area is 248 Å². The van der Waals surface area contributed by atoms with E-state index < -0.39 is 38.7 Å². The van der Waals surface area contributed by atoms with E-state index in [2.05, 4.69) is 20.3 Å². The van der Waals surface area contributed by atoms with Crippen molar-refractivity contribution in [3.8, 4) is 17.1 Å². The number of nitrogens with one attached hydrogen (secondary N) is 1. The normalized spacial score (nSPS) is 18.5. The van der Waals surface area contributed by atoms with Crippen molar-refractivity contribution in [2.45, 2.75) is 54.7 Å². The van der Waals surface area contributed by atoms with E-state index in [1.807, 2.05) is 0 Å². The molecule has 1 aromatic carbocycles. The first kappa shape index (κ1) is 29.2. The number of aromatic nitrogens is 3. The number of hydrogen-bond acceptors (Lipinski definition) is 7. The highest BCUT2D eigenvalue weighted by atomic mass is 35.5. The van der Waals surface area contributed by atoms with Crippen molar-refractivity contribution in [1.82, 2.24) is 20.3 Å². The molecule has 1 amide bonds. The van der Waals surface area contributed by atoms with E-state index >= 15 is 0 Å². The van der Waals surface area contributed by atoms with Gasteiger partial charge in [0.25, 0.3) is 12.3 Å². The van der Waals surface area contributed by atoms with E-state index in [-0.39, 0.29) is 47.4 Å². The summed E-state index contributed by atoms with van der Waals surface area (Å²) in [6.07, 6.45) is -2.86. The highest BCUT2D eigenvalue weighted by Crippen LogP contribution is 2.44. The number of sulfone groups is 1. The molecule has 1 saturated carbocycles. The zero-order valence-corrected chi connectivity index (χ0v) is 23.8. The third kappa shape index (κ3) is 5.75. The quantitative estimate of drug-likeness (QED) is 0.238. The number of hydrogen-bond donors (Lipinski definition) is 1. The van der Waals surface area contributed by atoms with Crippen LogP contribution >= 0.6 is 11.6 Å². The van der Waals surface area contributed by atoms with Gasteiger partial charge in [-0.1, -0.05) is 17.7 Å². The molecule has 8 nitrogen and oxygen atoms in total. The molecule has 4 heterocycles. The second kappa shape index (κ2) is 11.3. The van der Waals surface area contributed by atoms with Crippen LogP contribution in [0.25, 0.3) is 22.3 Å². The third-order valence-corrected chi connectivity index (χ3v) is 9.37. The maximum Gasteiger partial charge on any atom is 0.273 e. The molecule has 0 unspecified atom stereocenters. The summed E-state index contributed by atoms with van der Waals surface area (Å²) >= 11 is 6.19. The van der Waals surface area contributed by atoms with Gasteiger partial charge in [-0.05, 0) is 49.2 Å². The zero-order valence-electron chi connectivity index (χ0n) is 22.2.